The molecule has 1 rings (SSSR count). The molecule has 0 heterocycles. The van der Waals surface area contributed by atoms with E-state index in [1.54, 1.807) is 0 Å². The first-order chi connectivity index (χ1) is 6.13. The number of hydrogen-bond donors (Lipinski definition) is 2. The Morgan fingerprint density at radius 1 is 1.15 bits per heavy atom. The lowest BCUT2D eigenvalue weighted by molar-refractivity contribution is 0.234. The van der Waals surface area contributed by atoms with Crippen molar-refractivity contribution >= 4 is 0 Å². The molecule has 1 aliphatic rings. The lowest BCUT2D eigenvalue weighted by Crippen LogP contribution is -2.52. The van der Waals surface area contributed by atoms with Crippen LogP contribution in [0.5, 0.6) is 0 Å². The first kappa shape index (κ1) is 11.0. The third-order valence-corrected chi connectivity index (χ3v) is 3.03. The van der Waals surface area contributed by atoms with Crippen LogP contribution in [-0.4, -0.2) is 25.2 Å². The van der Waals surface area contributed by atoms with Gasteiger partial charge in [0.05, 0.1) is 0 Å². The van der Waals surface area contributed by atoms with E-state index in [0.717, 1.165) is 5.92 Å². The first-order valence-corrected chi connectivity index (χ1v) is 5.56. The molecule has 13 heavy (non-hydrogen) atoms. The predicted octanol–water partition coefficient (Wildman–Crippen LogP) is 1.76. The summed E-state index contributed by atoms with van der Waals surface area (Å²) in [7, 11) is 2.08. The average molecular weight is 184 g/mol. The van der Waals surface area contributed by atoms with Gasteiger partial charge in [-0.05, 0) is 32.2 Å². The molecule has 1 aliphatic carbocycles. The third-order valence-electron chi connectivity index (χ3n) is 3.03. The molecule has 0 aromatic heterocycles. The molecule has 3 unspecified atom stereocenters. The van der Waals surface area contributed by atoms with Gasteiger partial charge in [0.25, 0.3) is 0 Å². The number of rotatable bonds is 3. The van der Waals surface area contributed by atoms with Crippen molar-refractivity contribution in [2.24, 2.45) is 5.92 Å². The fraction of sp³-hybridized carbons (Fsp3) is 1.00. The van der Waals surface area contributed by atoms with Crippen LogP contribution in [0.4, 0.5) is 0 Å². The molecule has 2 nitrogen and oxygen atoms in total. The highest BCUT2D eigenvalue weighted by Gasteiger charge is 2.27. The zero-order chi connectivity index (χ0) is 9.84. The van der Waals surface area contributed by atoms with E-state index >= 15 is 0 Å². The van der Waals surface area contributed by atoms with Gasteiger partial charge in [-0.3, -0.25) is 0 Å². The fourth-order valence-electron chi connectivity index (χ4n) is 2.34. The Kier molecular flexibility index (Phi) is 4.20. The smallest absolute Gasteiger partial charge is 0.0225 e. The van der Waals surface area contributed by atoms with Crippen LogP contribution >= 0.6 is 0 Å². The molecule has 1 saturated carbocycles. The molecule has 0 aromatic rings. The second-order valence-electron chi connectivity index (χ2n) is 4.74. The van der Waals surface area contributed by atoms with Crippen LogP contribution in [0.2, 0.25) is 0 Å². The van der Waals surface area contributed by atoms with Crippen LogP contribution in [0.3, 0.4) is 0 Å². The molecular formula is C11H24N2. The summed E-state index contributed by atoms with van der Waals surface area (Å²) in [5.74, 6) is 0.890. The van der Waals surface area contributed by atoms with E-state index in [4.69, 9.17) is 0 Å². The van der Waals surface area contributed by atoms with Crippen molar-refractivity contribution in [1.82, 2.24) is 10.6 Å². The van der Waals surface area contributed by atoms with Crippen LogP contribution in [0.1, 0.15) is 40.0 Å². The van der Waals surface area contributed by atoms with Gasteiger partial charge in [0.15, 0.2) is 0 Å². The summed E-state index contributed by atoms with van der Waals surface area (Å²) in [6.45, 7) is 6.82. The molecule has 2 N–H and O–H groups in total. The van der Waals surface area contributed by atoms with Crippen LogP contribution in [0.15, 0.2) is 0 Å². The topological polar surface area (TPSA) is 24.1 Å². The molecule has 2 heteroatoms. The normalized spacial score (nSPS) is 35.3. The fourth-order valence-corrected chi connectivity index (χ4v) is 2.34. The Labute approximate surface area is 82.5 Å². The van der Waals surface area contributed by atoms with E-state index in [1.807, 2.05) is 0 Å². The number of likely N-dealkylation sites (N-methyl/N-ethyl adjacent to an activating group) is 1. The summed E-state index contributed by atoms with van der Waals surface area (Å²) in [6, 6.07) is 1.96. The standard InChI is InChI=1S/C11H24N2/c1-8(2)13-11-7-9(3)5-6-10(11)12-4/h8-13H,5-7H2,1-4H3. The monoisotopic (exact) mass is 184 g/mol. The number of hydrogen-bond acceptors (Lipinski definition) is 2. The molecule has 0 aliphatic heterocycles. The highest BCUT2D eigenvalue weighted by atomic mass is 15.0. The van der Waals surface area contributed by atoms with Gasteiger partial charge in [-0.2, -0.15) is 0 Å². The zero-order valence-electron chi connectivity index (χ0n) is 9.43. The SMILES string of the molecule is CNC1CCC(C)CC1NC(C)C. The molecule has 0 aromatic carbocycles. The lowest BCUT2D eigenvalue weighted by Gasteiger charge is -2.36. The van der Waals surface area contributed by atoms with E-state index in [9.17, 15) is 0 Å². The molecule has 0 saturated heterocycles. The Balaban J connectivity index is 2.44. The summed E-state index contributed by atoms with van der Waals surface area (Å²) in [6.07, 6.45) is 4.02. The van der Waals surface area contributed by atoms with Crippen molar-refractivity contribution in [3.05, 3.63) is 0 Å². The van der Waals surface area contributed by atoms with Crippen LogP contribution in [-0.2, 0) is 0 Å². The molecule has 3 atom stereocenters. The lowest BCUT2D eigenvalue weighted by atomic mass is 9.83. The summed E-state index contributed by atoms with van der Waals surface area (Å²) in [5.41, 5.74) is 0. The second kappa shape index (κ2) is 4.97. The average Bonchev–Trinajstić information content (AvgIpc) is 2.03. The minimum absolute atomic E-state index is 0.603. The maximum atomic E-state index is 3.65. The van der Waals surface area contributed by atoms with Gasteiger partial charge in [-0.1, -0.05) is 20.8 Å². The van der Waals surface area contributed by atoms with Crippen molar-refractivity contribution in [1.29, 1.82) is 0 Å². The van der Waals surface area contributed by atoms with Crippen LogP contribution in [0.25, 0.3) is 0 Å². The van der Waals surface area contributed by atoms with Gasteiger partial charge >= 0.3 is 0 Å². The predicted molar refractivity (Wildman–Crippen MR) is 57.9 cm³/mol. The van der Waals surface area contributed by atoms with E-state index in [-0.39, 0.29) is 0 Å². The Bertz CT molecular complexity index is 143. The number of nitrogens with one attached hydrogen (secondary N) is 2. The second-order valence-corrected chi connectivity index (χ2v) is 4.74. The van der Waals surface area contributed by atoms with E-state index in [2.05, 4.69) is 38.5 Å². The maximum Gasteiger partial charge on any atom is 0.0225 e. The molecule has 78 valence electrons. The van der Waals surface area contributed by atoms with Gasteiger partial charge in [0, 0.05) is 18.1 Å². The molecule has 0 bridgehead atoms. The maximum absolute atomic E-state index is 3.65. The Morgan fingerprint density at radius 3 is 2.38 bits per heavy atom. The summed E-state index contributed by atoms with van der Waals surface area (Å²) in [4.78, 5) is 0. The minimum atomic E-state index is 0.603. The largest absolute Gasteiger partial charge is 0.315 e. The summed E-state index contributed by atoms with van der Waals surface area (Å²) < 4.78 is 0. The highest BCUT2D eigenvalue weighted by molar-refractivity contribution is 4.88. The van der Waals surface area contributed by atoms with Gasteiger partial charge in [-0.25, -0.2) is 0 Å². The third kappa shape index (κ3) is 3.28. The Morgan fingerprint density at radius 2 is 1.85 bits per heavy atom. The van der Waals surface area contributed by atoms with Gasteiger partial charge in [0.2, 0.25) is 0 Å². The molecule has 1 fully saturated rings. The van der Waals surface area contributed by atoms with Gasteiger partial charge < -0.3 is 10.6 Å². The van der Waals surface area contributed by atoms with E-state index in [0.29, 0.717) is 18.1 Å². The molecule has 0 radical (unpaired) electrons. The van der Waals surface area contributed by atoms with Crippen LogP contribution < -0.4 is 10.6 Å². The molecule has 0 spiro atoms. The zero-order valence-corrected chi connectivity index (χ0v) is 9.43. The van der Waals surface area contributed by atoms with Gasteiger partial charge in [0.1, 0.15) is 0 Å². The van der Waals surface area contributed by atoms with Crippen molar-refractivity contribution < 1.29 is 0 Å². The summed E-state index contributed by atoms with van der Waals surface area (Å²) >= 11 is 0. The van der Waals surface area contributed by atoms with E-state index < -0.39 is 0 Å². The molecular weight excluding hydrogens is 160 g/mol. The Hall–Kier alpha value is -0.0800. The quantitative estimate of drug-likeness (QED) is 0.698. The van der Waals surface area contributed by atoms with Gasteiger partial charge in [-0.15, -0.1) is 0 Å². The van der Waals surface area contributed by atoms with Crippen molar-refractivity contribution in [2.45, 2.75) is 58.2 Å². The van der Waals surface area contributed by atoms with E-state index in [1.165, 1.54) is 19.3 Å². The van der Waals surface area contributed by atoms with Crippen molar-refractivity contribution in [3.63, 3.8) is 0 Å². The first-order valence-electron chi connectivity index (χ1n) is 5.56. The van der Waals surface area contributed by atoms with Crippen LogP contribution in [0, 0.1) is 5.92 Å². The van der Waals surface area contributed by atoms with Crippen molar-refractivity contribution in [3.8, 4) is 0 Å². The van der Waals surface area contributed by atoms with Crippen molar-refractivity contribution in [2.75, 3.05) is 7.05 Å². The molecule has 0 amide bonds. The summed E-state index contributed by atoms with van der Waals surface area (Å²) in [5, 5.41) is 7.07. The highest BCUT2D eigenvalue weighted by Crippen LogP contribution is 2.24. The minimum Gasteiger partial charge on any atom is -0.315 e.